The Kier molecular flexibility index (Phi) is 5.25. The summed E-state index contributed by atoms with van der Waals surface area (Å²) in [6.45, 7) is 1.28. The molecule has 130 valence electrons. The van der Waals surface area contributed by atoms with Gasteiger partial charge in [-0.2, -0.15) is 9.78 Å². The van der Waals surface area contributed by atoms with Crippen LogP contribution in [0.15, 0.2) is 54.9 Å². The fraction of sp³-hybridized carbons (Fsp3) is 0.222. The summed E-state index contributed by atoms with van der Waals surface area (Å²) in [5, 5.41) is 4.39. The Morgan fingerprint density at radius 1 is 1.20 bits per heavy atom. The highest BCUT2D eigenvalue weighted by molar-refractivity contribution is 7.71. The molecule has 0 saturated heterocycles. The Balaban J connectivity index is 1.75. The van der Waals surface area contributed by atoms with Gasteiger partial charge >= 0.3 is 0 Å². The molecule has 7 heteroatoms. The van der Waals surface area contributed by atoms with Crippen molar-refractivity contribution in [2.75, 3.05) is 14.2 Å². The third-order valence-corrected chi connectivity index (χ3v) is 4.29. The van der Waals surface area contributed by atoms with Gasteiger partial charge in [-0.25, -0.2) is 4.39 Å². The summed E-state index contributed by atoms with van der Waals surface area (Å²) in [7, 11) is 3.66. The number of quaternary nitrogens is 1. The van der Waals surface area contributed by atoms with Gasteiger partial charge in [-0.05, 0) is 36.5 Å². The number of methoxy groups -OCH3 is 1. The van der Waals surface area contributed by atoms with Crippen molar-refractivity contribution < 1.29 is 14.0 Å². The molecule has 1 aromatic heterocycles. The lowest BCUT2D eigenvalue weighted by atomic mass is 10.2. The summed E-state index contributed by atoms with van der Waals surface area (Å²) >= 11 is 5.54. The lowest BCUT2D eigenvalue weighted by molar-refractivity contribution is -0.917. The van der Waals surface area contributed by atoms with E-state index in [-0.39, 0.29) is 5.82 Å². The Hall–Kier alpha value is -2.51. The van der Waals surface area contributed by atoms with E-state index in [2.05, 4.69) is 5.10 Å². The van der Waals surface area contributed by atoms with Crippen LogP contribution in [0.4, 0.5) is 4.39 Å². The van der Waals surface area contributed by atoms with E-state index in [0.717, 1.165) is 21.9 Å². The van der Waals surface area contributed by atoms with Gasteiger partial charge in [0.15, 0.2) is 6.67 Å². The highest BCUT2D eigenvalue weighted by Gasteiger charge is 2.10. The lowest BCUT2D eigenvalue weighted by Gasteiger charge is -2.14. The third-order valence-electron chi connectivity index (χ3n) is 3.88. The molecule has 0 radical (unpaired) electrons. The topological polar surface area (TPSA) is 36.4 Å². The zero-order chi connectivity index (χ0) is 17.8. The van der Waals surface area contributed by atoms with Gasteiger partial charge in [0.2, 0.25) is 4.77 Å². The lowest BCUT2D eigenvalue weighted by Crippen LogP contribution is -3.07. The number of nitrogens with one attached hydrogen (secondary N) is 1. The molecule has 0 aliphatic heterocycles. The number of rotatable bonds is 6. The summed E-state index contributed by atoms with van der Waals surface area (Å²) in [4.78, 5) is 1.15. The maximum absolute atomic E-state index is 13.3. The number of hydrogen-bond donors (Lipinski definition) is 1. The average Bonchev–Trinajstić information content (AvgIpc) is 2.95. The predicted molar refractivity (Wildman–Crippen MR) is 95.9 cm³/mol. The number of aromatic nitrogens is 3. The quantitative estimate of drug-likeness (QED) is 0.686. The van der Waals surface area contributed by atoms with E-state index in [9.17, 15) is 4.39 Å². The van der Waals surface area contributed by atoms with Crippen LogP contribution in [0.25, 0.3) is 5.69 Å². The Bertz CT molecular complexity index is 921. The first kappa shape index (κ1) is 17.3. The van der Waals surface area contributed by atoms with Crippen LogP contribution in [-0.4, -0.2) is 28.5 Å². The molecule has 1 N–H and O–H groups in total. The molecule has 25 heavy (non-hydrogen) atoms. The number of benzene rings is 2. The molecule has 0 spiro atoms. The van der Waals surface area contributed by atoms with Crippen LogP contribution in [0.5, 0.6) is 5.75 Å². The van der Waals surface area contributed by atoms with Crippen LogP contribution in [0.2, 0.25) is 0 Å². The van der Waals surface area contributed by atoms with Gasteiger partial charge in [0.05, 0.1) is 19.8 Å². The van der Waals surface area contributed by atoms with Crippen molar-refractivity contribution in [3.8, 4) is 11.4 Å². The minimum absolute atomic E-state index is 0.218. The van der Waals surface area contributed by atoms with Gasteiger partial charge in [-0.15, -0.1) is 0 Å². The molecule has 3 aromatic rings. The molecule has 2 aromatic carbocycles. The predicted octanol–water partition coefficient (Wildman–Crippen LogP) is 2.22. The van der Waals surface area contributed by atoms with Gasteiger partial charge in [-0.3, -0.25) is 4.57 Å². The highest BCUT2D eigenvalue weighted by Crippen LogP contribution is 2.16. The molecule has 0 aliphatic carbocycles. The number of ether oxygens (including phenoxy) is 1. The van der Waals surface area contributed by atoms with Gasteiger partial charge in [-0.1, -0.05) is 18.2 Å². The van der Waals surface area contributed by atoms with Crippen molar-refractivity contribution in [2.24, 2.45) is 0 Å². The number of halogens is 1. The molecular weight excluding hydrogens is 339 g/mol. The van der Waals surface area contributed by atoms with E-state index in [1.54, 1.807) is 30.3 Å². The second kappa shape index (κ2) is 7.58. The zero-order valence-corrected chi connectivity index (χ0v) is 15.0. The SMILES string of the molecule is COc1cccc(-n2cnn(C[NH+](C)Cc3cccc(F)c3)c2=S)c1. The van der Waals surface area contributed by atoms with E-state index in [1.807, 2.05) is 41.9 Å². The Morgan fingerprint density at radius 2 is 2.00 bits per heavy atom. The van der Waals surface area contributed by atoms with Gasteiger partial charge in [0.25, 0.3) is 0 Å². The molecular formula is C18H20FN4OS+. The van der Waals surface area contributed by atoms with E-state index >= 15 is 0 Å². The fourth-order valence-corrected chi connectivity index (χ4v) is 2.95. The standard InChI is InChI=1S/C18H19FN4OS/c1-21(11-14-5-3-6-15(19)9-14)13-23-18(25)22(12-20-23)16-7-4-8-17(10-16)24-2/h3-10,12H,11,13H2,1-2H3/p+1. The Morgan fingerprint density at radius 3 is 2.76 bits per heavy atom. The smallest absolute Gasteiger partial charge is 0.207 e. The molecule has 5 nitrogen and oxygen atoms in total. The summed E-state index contributed by atoms with van der Waals surface area (Å²) in [6.07, 6.45) is 1.70. The van der Waals surface area contributed by atoms with Gasteiger partial charge in [0, 0.05) is 11.6 Å². The van der Waals surface area contributed by atoms with Crippen molar-refractivity contribution >= 4 is 12.2 Å². The van der Waals surface area contributed by atoms with E-state index in [1.165, 1.54) is 6.07 Å². The van der Waals surface area contributed by atoms with Crippen LogP contribution in [0.3, 0.4) is 0 Å². The van der Waals surface area contributed by atoms with Crippen LogP contribution >= 0.6 is 12.2 Å². The molecule has 0 bridgehead atoms. The van der Waals surface area contributed by atoms with E-state index in [4.69, 9.17) is 17.0 Å². The van der Waals surface area contributed by atoms with Crippen molar-refractivity contribution in [1.82, 2.24) is 14.3 Å². The molecule has 0 fully saturated rings. The van der Waals surface area contributed by atoms with Crippen LogP contribution in [0, 0.1) is 10.6 Å². The van der Waals surface area contributed by atoms with Crippen molar-refractivity contribution in [3.63, 3.8) is 0 Å². The summed E-state index contributed by atoms with van der Waals surface area (Å²) in [5.74, 6) is 0.546. The monoisotopic (exact) mass is 359 g/mol. The summed E-state index contributed by atoms with van der Waals surface area (Å²) in [6, 6.07) is 14.3. The number of hydrogen-bond acceptors (Lipinski definition) is 3. The molecule has 0 saturated carbocycles. The minimum Gasteiger partial charge on any atom is -0.497 e. The van der Waals surface area contributed by atoms with Crippen LogP contribution in [-0.2, 0) is 13.2 Å². The van der Waals surface area contributed by atoms with Crippen molar-refractivity contribution in [3.05, 3.63) is 71.0 Å². The normalized spacial score (nSPS) is 12.1. The molecule has 1 unspecified atom stereocenters. The first-order valence-corrected chi connectivity index (χ1v) is 8.32. The fourth-order valence-electron chi connectivity index (χ4n) is 2.69. The maximum atomic E-state index is 13.3. The third kappa shape index (κ3) is 4.12. The first-order chi connectivity index (χ1) is 12.1. The highest BCUT2D eigenvalue weighted by atomic mass is 32.1. The summed E-state index contributed by atoms with van der Waals surface area (Å²) in [5.41, 5.74) is 1.84. The molecule has 3 rings (SSSR count). The minimum atomic E-state index is -0.218. The second-order valence-electron chi connectivity index (χ2n) is 5.91. The molecule has 0 amide bonds. The van der Waals surface area contributed by atoms with E-state index in [0.29, 0.717) is 18.0 Å². The molecule has 1 heterocycles. The first-order valence-electron chi connectivity index (χ1n) is 7.91. The average molecular weight is 359 g/mol. The molecule has 0 aliphatic rings. The van der Waals surface area contributed by atoms with E-state index < -0.39 is 0 Å². The number of nitrogens with zero attached hydrogens (tertiary/aromatic N) is 3. The van der Waals surface area contributed by atoms with Crippen LogP contribution < -0.4 is 9.64 Å². The zero-order valence-electron chi connectivity index (χ0n) is 14.1. The second-order valence-corrected chi connectivity index (χ2v) is 6.27. The van der Waals surface area contributed by atoms with Crippen molar-refractivity contribution in [2.45, 2.75) is 13.2 Å². The molecule has 1 atom stereocenters. The van der Waals surface area contributed by atoms with Crippen LogP contribution in [0.1, 0.15) is 5.56 Å². The Labute approximate surface area is 150 Å². The van der Waals surface area contributed by atoms with Gasteiger partial charge in [0.1, 0.15) is 24.4 Å². The summed E-state index contributed by atoms with van der Waals surface area (Å²) < 4.78 is 22.8. The van der Waals surface area contributed by atoms with Gasteiger partial charge < -0.3 is 9.64 Å². The van der Waals surface area contributed by atoms with Crippen molar-refractivity contribution in [1.29, 1.82) is 0 Å². The maximum Gasteiger partial charge on any atom is 0.207 e. The largest absolute Gasteiger partial charge is 0.497 e.